The molecule has 0 saturated carbocycles. The molecule has 18 heavy (non-hydrogen) atoms. The molecule has 0 aromatic carbocycles. The van der Waals surface area contributed by atoms with Crippen molar-refractivity contribution in [1.29, 1.82) is 0 Å². The van der Waals surface area contributed by atoms with Gasteiger partial charge >= 0.3 is 5.97 Å². The van der Waals surface area contributed by atoms with Crippen molar-refractivity contribution in [2.24, 2.45) is 17.1 Å². The summed E-state index contributed by atoms with van der Waals surface area (Å²) in [6.45, 7) is 7.21. The molecular formula is C12H22N2O4. The molecule has 0 spiro atoms. The summed E-state index contributed by atoms with van der Waals surface area (Å²) in [6.07, 6.45) is 0. The van der Waals surface area contributed by atoms with Gasteiger partial charge in [0.1, 0.15) is 0 Å². The molecule has 1 rings (SSSR count). The van der Waals surface area contributed by atoms with Crippen molar-refractivity contribution in [3.8, 4) is 0 Å². The zero-order chi connectivity index (χ0) is 14.1. The molecule has 2 atom stereocenters. The van der Waals surface area contributed by atoms with E-state index in [1.165, 1.54) is 0 Å². The number of carboxylic acid groups (broad SMARTS) is 1. The number of carbonyl (C=O) groups excluding carboxylic acids is 1. The summed E-state index contributed by atoms with van der Waals surface area (Å²) in [7, 11) is 0. The number of carbonyl (C=O) groups is 2. The van der Waals surface area contributed by atoms with Gasteiger partial charge in [-0.25, -0.2) is 0 Å². The molecule has 0 aliphatic carbocycles. The van der Waals surface area contributed by atoms with Gasteiger partial charge in [-0.1, -0.05) is 0 Å². The third-order valence-electron chi connectivity index (χ3n) is 3.99. The number of ether oxygens (including phenoxy) is 1. The molecule has 6 nitrogen and oxygen atoms in total. The first-order valence-corrected chi connectivity index (χ1v) is 5.98. The van der Waals surface area contributed by atoms with E-state index in [9.17, 15) is 14.7 Å². The minimum absolute atomic E-state index is 0.251. The zero-order valence-electron chi connectivity index (χ0n) is 11.3. The molecule has 104 valence electrons. The summed E-state index contributed by atoms with van der Waals surface area (Å²) in [5, 5.41) is 12.0. The molecule has 4 N–H and O–H groups in total. The number of aliphatic carboxylic acids is 1. The summed E-state index contributed by atoms with van der Waals surface area (Å²) < 4.78 is 5.14. The van der Waals surface area contributed by atoms with Gasteiger partial charge in [0.2, 0.25) is 5.91 Å². The molecule has 0 aromatic heterocycles. The van der Waals surface area contributed by atoms with E-state index in [0.717, 1.165) is 0 Å². The van der Waals surface area contributed by atoms with E-state index in [2.05, 4.69) is 5.32 Å². The highest BCUT2D eigenvalue weighted by molar-refractivity contribution is 5.83. The summed E-state index contributed by atoms with van der Waals surface area (Å²) in [5.74, 6) is -1.62. The minimum Gasteiger partial charge on any atom is -0.481 e. The average Bonchev–Trinajstić information content (AvgIpc) is 2.63. The molecule has 6 heteroatoms. The molecule has 1 aliphatic rings. The van der Waals surface area contributed by atoms with Crippen molar-refractivity contribution < 1.29 is 19.4 Å². The van der Waals surface area contributed by atoms with Crippen LogP contribution >= 0.6 is 0 Å². The Labute approximate surface area is 107 Å². The van der Waals surface area contributed by atoms with Gasteiger partial charge in [-0.2, -0.15) is 0 Å². The van der Waals surface area contributed by atoms with Crippen LogP contribution in [-0.2, 0) is 14.3 Å². The third kappa shape index (κ3) is 2.64. The van der Waals surface area contributed by atoms with Gasteiger partial charge in [-0.05, 0) is 27.7 Å². The number of rotatable bonds is 4. The molecule has 1 heterocycles. The molecule has 1 saturated heterocycles. The fourth-order valence-electron chi connectivity index (χ4n) is 1.67. The lowest BCUT2D eigenvalue weighted by atomic mass is 9.74. The Balaban J connectivity index is 2.77. The maximum atomic E-state index is 12.1. The maximum Gasteiger partial charge on any atom is 0.311 e. The quantitative estimate of drug-likeness (QED) is 0.657. The lowest BCUT2D eigenvalue weighted by molar-refractivity contribution is -0.152. The highest BCUT2D eigenvalue weighted by atomic mass is 16.5. The van der Waals surface area contributed by atoms with Gasteiger partial charge in [-0.3, -0.25) is 9.59 Å². The van der Waals surface area contributed by atoms with Crippen molar-refractivity contribution in [2.45, 2.75) is 39.3 Å². The highest BCUT2D eigenvalue weighted by Gasteiger charge is 2.46. The van der Waals surface area contributed by atoms with Crippen molar-refractivity contribution >= 4 is 11.9 Å². The van der Waals surface area contributed by atoms with E-state index in [-0.39, 0.29) is 18.6 Å². The van der Waals surface area contributed by atoms with Gasteiger partial charge < -0.3 is 20.9 Å². The van der Waals surface area contributed by atoms with Crippen molar-refractivity contribution in [1.82, 2.24) is 5.32 Å². The first kappa shape index (κ1) is 14.9. The van der Waals surface area contributed by atoms with E-state index in [0.29, 0.717) is 6.61 Å². The number of carboxylic acids is 1. The first-order valence-electron chi connectivity index (χ1n) is 5.98. The second kappa shape index (κ2) is 4.85. The summed E-state index contributed by atoms with van der Waals surface area (Å²) in [4.78, 5) is 23.3. The van der Waals surface area contributed by atoms with Crippen LogP contribution in [0.15, 0.2) is 0 Å². The zero-order valence-corrected chi connectivity index (χ0v) is 11.3. The predicted octanol–water partition coefficient (Wildman–Crippen LogP) is -0.0343. The Morgan fingerprint density at radius 2 is 1.83 bits per heavy atom. The molecule has 1 fully saturated rings. The van der Waals surface area contributed by atoms with Crippen LogP contribution in [-0.4, -0.2) is 41.8 Å². The highest BCUT2D eigenvalue weighted by Crippen LogP contribution is 2.31. The summed E-state index contributed by atoms with van der Waals surface area (Å²) in [5.41, 5.74) is 3.81. The molecule has 1 aliphatic heterocycles. The molecule has 2 unspecified atom stereocenters. The van der Waals surface area contributed by atoms with Crippen LogP contribution in [0.4, 0.5) is 0 Å². The van der Waals surface area contributed by atoms with Crippen LogP contribution in [0.3, 0.4) is 0 Å². The van der Waals surface area contributed by atoms with Crippen molar-refractivity contribution in [2.75, 3.05) is 13.2 Å². The molecule has 0 radical (unpaired) electrons. The second-order valence-corrected chi connectivity index (χ2v) is 5.85. The van der Waals surface area contributed by atoms with Gasteiger partial charge in [0.05, 0.1) is 24.5 Å². The van der Waals surface area contributed by atoms with E-state index < -0.39 is 22.8 Å². The topological polar surface area (TPSA) is 102 Å². The predicted molar refractivity (Wildman–Crippen MR) is 65.9 cm³/mol. The maximum absolute atomic E-state index is 12.1. The van der Waals surface area contributed by atoms with E-state index in [4.69, 9.17) is 10.5 Å². The molecule has 1 amide bonds. The minimum atomic E-state index is -1.08. The standard InChI is InChI=1S/C12H22N2O4/c1-11(2,10(16)17)12(3,4)14-9(15)7-5-18-6-8(7)13/h7-8H,5-6,13H2,1-4H3,(H,14,15)(H,16,17). The van der Waals surface area contributed by atoms with Gasteiger partial charge in [-0.15, -0.1) is 0 Å². The van der Waals surface area contributed by atoms with Gasteiger partial charge in [0.25, 0.3) is 0 Å². The molecule has 0 bridgehead atoms. The third-order valence-corrected chi connectivity index (χ3v) is 3.99. The van der Waals surface area contributed by atoms with E-state index >= 15 is 0 Å². The summed E-state index contributed by atoms with van der Waals surface area (Å²) >= 11 is 0. The smallest absolute Gasteiger partial charge is 0.311 e. The monoisotopic (exact) mass is 258 g/mol. The van der Waals surface area contributed by atoms with Gasteiger partial charge in [0.15, 0.2) is 0 Å². The number of hydrogen-bond acceptors (Lipinski definition) is 4. The number of hydrogen-bond donors (Lipinski definition) is 3. The lowest BCUT2D eigenvalue weighted by Crippen LogP contribution is -2.59. The van der Waals surface area contributed by atoms with Crippen LogP contribution in [0, 0.1) is 11.3 Å². The average molecular weight is 258 g/mol. The van der Waals surface area contributed by atoms with Crippen molar-refractivity contribution in [3.05, 3.63) is 0 Å². The lowest BCUT2D eigenvalue weighted by Gasteiger charge is -2.39. The van der Waals surface area contributed by atoms with Crippen LogP contribution in [0.25, 0.3) is 0 Å². The number of nitrogens with one attached hydrogen (secondary N) is 1. The molecular weight excluding hydrogens is 236 g/mol. The number of amides is 1. The normalized spacial score (nSPS) is 24.9. The summed E-state index contributed by atoms with van der Waals surface area (Å²) in [6, 6.07) is -0.325. The van der Waals surface area contributed by atoms with Crippen LogP contribution in [0.5, 0.6) is 0 Å². The van der Waals surface area contributed by atoms with Crippen LogP contribution in [0.2, 0.25) is 0 Å². The van der Waals surface area contributed by atoms with Crippen LogP contribution in [0.1, 0.15) is 27.7 Å². The van der Waals surface area contributed by atoms with E-state index in [1.807, 2.05) is 0 Å². The van der Waals surface area contributed by atoms with Crippen LogP contribution < -0.4 is 11.1 Å². The SMILES string of the molecule is CC(C)(NC(=O)C1COCC1N)C(C)(C)C(=O)O. The fourth-order valence-corrected chi connectivity index (χ4v) is 1.67. The Morgan fingerprint density at radius 1 is 1.28 bits per heavy atom. The fraction of sp³-hybridized carbons (Fsp3) is 0.833. The Morgan fingerprint density at radius 3 is 2.22 bits per heavy atom. The van der Waals surface area contributed by atoms with Crippen molar-refractivity contribution in [3.63, 3.8) is 0 Å². The van der Waals surface area contributed by atoms with E-state index in [1.54, 1.807) is 27.7 Å². The Hall–Kier alpha value is -1.14. The Bertz CT molecular complexity index is 352. The first-order chi connectivity index (χ1) is 8.09. The largest absolute Gasteiger partial charge is 0.481 e. The molecule has 0 aromatic rings. The Kier molecular flexibility index (Phi) is 4.02. The van der Waals surface area contributed by atoms with Gasteiger partial charge in [0, 0.05) is 11.6 Å². The second-order valence-electron chi connectivity index (χ2n) is 5.85. The number of nitrogens with two attached hydrogens (primary N) is 1.